The lowest BCUT2D eigenvalue weighted by Gasteiger charge is -2.33. The number of hydrogen-bond acceptors (Lipinski definition) is 4. The van der Waals surface area contributed by atoms with E-state index in [1.807, 2.05) is 11.0 Å². The van der Waals surface area contributed by atoms with Crippen LogP contribution in [0.2, 0.25) is 0 Å². The minimum absolute atomic E-state index is 0.0457. The van der Waals surface area contributed by atoms with Crippen LogP contribution in [0.4, 0.5) is 5.69 Å². The summed E-state index contributed by atoms with van der Waals surface area (Å²) in [6, 6.07) is 1.86. The van der Waals surface area contributed by atoms with Crippen molar-refractivity contribution in [3.05, 3.63) is 24.0 Å². The Labute approximate surface area is 126 Å². The summed E-state index contributed by atoms with van der Waals surface area (Å²) in [7, 11) is 0. The molecule has 2 heterocycles. The third-order valence-electron chi connectivity index (χ3n) is 3.96. The molecule has 1 unspecified atom stereocenters. The van der Waals surface area contributed by atoms with E-state index >= 15 is 0 Å². The number of aliphatic hydroxyl groups is 1. The lowest BCUT2D eigenvalue weighted by atomic mass is 9.94. The first kappa shape index (κ1) is 15.8. The Bertz CT molecular complexity index is 463. The van der Waals surface area contributed by atoms with E-state index in [2.05, 4.69) is 17.2 Å². The van der Waals surface area contributed by atoms with Gasteiger partial charge >= 0.3 is 0 Å². The Morgan fingerprint density at radius 2 is 2.43 bits per heavy atom. The van der Waals surface area contributed by atoms with Gasteiger partial charge in [0.15, 0.2) is 0 Å². The molecule has 21 heavy (non-hydrogen) atoms. The van der Waals surface area contributed by atoms with Gasteiger partial charge in [-0.15, -0.1) is 0 Å². The van der Waals surface area contributed by atoms with Crippen LogP contribution in [0.3, 0.4) is 0 Å². The summed E-state index contributed by atoms with van der Waals surface area (Å²) in [4.78, 5) is 18.7. The smallest absolute Gasteiger partial charge is 0.257 e. The molecular weight excluding hydrogens is 266 g/mol. The predicted octanol–water partition coefficient (Wildman–Crippen LogP) is 2.14. The van der Waals surface area contributed by atoms with Crippen molar-refractivity contribution in [2.75, 3.05) is 31.6 Å². The number of amides is 1. The highest BCUT2D eigenvalue weighted by Crippen LogP contribution is 2.23. The quantitative estimate of drug-likeness (QED) is 0.843. The molecule has 1 saturated heterocycles. The summed E-state index contributed by atoms with van der Waals surface area (Å²) in [5, 5.41) is 12.4. The Kier molecular flexibility index (Phi) is 5.99. The van der Waals surface area contributed by atoms with E-state index in [1.165, 1.54) is 0 Å². The maximum absolute atomic E-state index is 12.7. The van der Waals surface area contributed by atoms with E-state index in [4.69, 9.17) is 5.11 Å². The van der Waals surface area contributed by atoms with E-state index in [0.29, 0.717) is 11.5 Å². The van der Waals surface area contributed by atoms with Gasteiger partial charge in [0.05, 0.1) is 11.3 Å². The molecule has 5 nitrogen and oxygen atoms in total. The Balaban J connectivity index is 2.08. The Hall–Kier alpha value is -1.62. The zero-order chi connectivity index (χ0) is 15.1. The lowest BCUT2D eigenvalue weighted by molar-refractivity contribution is 0.0654. The number of hydrogen-bond donors (Lipinski definition) is 2. The number of pyridine rings is 1. The van der Waals surface area contributed by atoms with Crippen molar-refractivity contribution in [3.63, 3.8) is 0 Å². The van der Waals surface area contributed by atoms with Crippen LogP contribution in [-0.4, -0.2) is 47.1 Å². The van der Waals surface area contributed by atoms with Crippen LogP contribution < -0.4 is 5.32 Å². The van der Waals surface area contributed by atoms with Crippen molar-refractivity contribution >= 4 is 11.6 Å². The first-order valence-electron chi connectivity index (χ1n) is 7.84. The number of aliphatic hydroxyl groups excluding tert-OH is 1. The molecule has 1 amide bonds. The van der Waals surface area contributed by atoms with Crippen LogP contribution in [-0.2, 0) is 0 Å². The summed E-state index contributed by atoms with van der Waals surface area (Å²) in [6.07, 6.45) is 7.25. The van der Waals surface area contributed by atoms with Gasteiger partial charge < -0.3 is 15.3 Å². The van der Waals surface area contributed by atoms with Crippen LogP contribution in [0.1, 0.15) is 43.0 Å². The molecule has 1 aromatic rings. The third-order valence-corrected chi connectivity index (χ3v) is 3.96. The first-order valence-corrected chi connectivity index (χ1v) is 7.84. The number of nitrogens with one attached hydrogen (secondary N) is 1. The third kappa shape index (κ3) is 4.17. The van der Waals surface area contributed by atoms with Crippen LogP contribution in [0.5, 0.6) is 0 Å². The maximum atomic E-state index is 12.7. The Morgan fingerprint density at radius 3 is 3.19 bits per heavy atom. The molecule has 0 aromatic carbocycles. The molecule has 1 aromatic heterocycles. The second-order valence-electron chi connectivity index (χ2n) is 5.62. The van der Waals surface area contributed by atoms with E-state index < -0.39 is 0 Å². The van der Waals surface area contributed by atoms with Gasteiger partial charge in [-0.1, -0.05) is 6.92 Å². The summed E-state index contributed by atoms with van der Waals surface area (Å²) in [6.45, 7) is 4.67. The van der Waals surface area contributed by atoms with Crippen LogP contribution in [0, 0.1) is 5.92 Å². The summed E-state index contributed by atoms with van der Waals surface area (Å²) < 4.78 is 0. The number of carbonyl (C=O) groups is 1. The zero-order valence-corrected chi connectivity index (χ0v) is 12.7. The van der Waals surface area contributed by atoms with E-state index in [-0.39, 0.29) is 12.5 Å². The van der Waals surface area contributed by atoms with Gasteiger partial charge in [0.2, 0.25) is 0 Å². The number of aromatic nitrogens is 1. The molecule has 1 aliphatic rings. The Morgan fingerprint density at radius 1 is 1.57 bits per heavy atom. The molecule has 1 aliphatic heterocycles. The maximum Gasteiger partial charge on any atom is 0.257 e. The predicted molar refractivity (Wildman–Crippen MR) is 83.3 cm³/mol. The molecule has 116 valence electrons. The molecule has 0 radical (unpaired) electrons. The summed E-state index contributed by atoms with van der Waals surface area (Å²) in [5.74, 6) is 0.459. The van der Waals surface area contributed by atoms with Gasteiger partial charge in [0, 0.05) is 38.6 Å². The number of anilines is 1. The molecule has 1 atom stereocenters. The summed E-state index contributed by atoms with van der Waals surface area (Å²) in [5.41, 5.74) is 1.51. The topological polar surface area (TPSA) is 65.5 Å². The van der Waals surface area contributed by atoms with Crippen molar-refractivity contribution < 1.29 is 9.90 Å². The highest BCUT2D eigenvalue weighted by Gasteiger charge is 2.25. The number of likely N-dealkylation sites (tertiary alicyclic amines) is 1. The largest absolute Gasteiger partial charge is 0.396 e. The monoisotopic (exact) mass is 291 g/mol. The minimum atomic E-state index is 0.0457. The second-order valence-corrected chi connectivity index (χ2v) is 5.62. The highest BCUT2D eigenvalue weighted by molar-refractivity contribution is 5.99. The molecular formula is C16H25N3O2. The fraction of sp³-hybridized carbons (Fsp3) is 0.625. The van der Waals surface area contributed by atoms with Gasteiger partial charge in [0.25, 0.3) is 5.91 Å². The number of rotatable bonds is 6. The van der Waals surface area contributed by atoms with Gasteiger partial charge in [-0.25, -0.2) is 0 Å². The number of piperidine rings is 1. The molecule has 2 N–H and O–H groups in total. The van der Waals surface area contributed by atoms with Gasteiger partial charge in [-0.3, -0.25) is 9.78 Å². The van der Waals surface area contributed by atoms with E-state index in [1.54, 1.807) is 12.4 Å². The van der Waals surface area contributed by atoms with Crippen molar-refractivity contribution in [3.8, 4) is 0 Å². The lowest BCUT2D eigenvalue weighted by Crippen LogP contribution is -2.40. The van der Waals surface area contributed by atoms with Crippen LogP contribution in [0.25, 0.3) is 0 Å². The molecule has 5 heteroatoms. The molecule has 1 fully saturated rings. The van der Waals surface area contributed by atoms with Gasteiger partial charge in [0.1, 0.15) is 0 Å². The highest BCUT2D eigenvalue weighted by atomic mass is 16.3. The second kappa shape index (κ2) is 7.98. The average Bonchev–Trinajstić information content (AvgIpc) is 2.53. The molecule has 0 aliphatic carbocycles. The zero-order valence-electron chi connectivity index (χ0n) is 12.7. The van der Waals surface area contributed by atoms with Crippen molar-refractivity contribution in [2.24, 2.45) is 5.92 Å². The normalized spacial score (nSPS) is 18.6. The van der Waals surface area contributed by atoms with Gasteiger partial charge in [-0.2, -0.15) is 0 Å². The molecule has 0 bridgehead atoms. The average molecular weight is 291 g/mol. The van der Waals surface area contributed by atoms with Crippen LogP contribution in [0.15, 0.2) is 18.5 Å². The van der Waals surface area contributed by atoms with Crippen molar-refractivity contribution in [1.29, 1.82) is 0 Å². The van der Waals surface area contributed by atoms with E-state index in [9.17, 15) is 4.79 Å². The SMILES string of the molecule is CCCNc1ccncc1C(=O)N1CCCC(CCO)C1. The first-order chi connectivity index (χ1) is 10.3. The molecule has 0 saturated carbocycles. The molecule has 0 spiro atoms. The van der Waals surface area contributed by atoms with E-state index in [0.717, 1.165) is 51.0 Å². The van der Waals surface area contributed by atoms with Crippen molar-refractivity contribution in [1.82, 2.24) is 9.88 Å². The van der Waals surface area contributed by atoms with Crippen molar-refractivity contribution in [2.45, 2.75) is 32.6 Å². The minimum Gasteiger partial charge on any atom is -0.396 e. The fourth-order valence-electron chi connectivity index (χ4n) is 2.82. The number of nitrogens with zero attached hydrogens (tertiary/aromatic N) is 2. The van der Waals surface area contributed by atoms with Gasteiger partial charge in [-0.05, 0) is 37.7 Å². The summed E-state index contributed by atoms with van der Waals surface area (Å²) >= 11 is 0. The standard InChI is InChI=1S/C16H25N3O2/c1-2-7-18-15-5-8-17-11-14(15)16(21)19-9-3-4-13(12-19)6-10-20/h5,8,11,13,20H,2-4,6-7,9-10,12H2,1H3,(H,17,18). The molecule has 2 rings (SSSR count). The van der Waals surface area contributed by atoms with Crippen LogP contribution >= 0.6 is 0 Å². The fourth-order valence-corrected chi connectivity index (χ4v) is 2.82. The number of carbonyl (C=O) groups excluding carboxylic acids is 1.